The van der Waals surface area contributed by atoms with E-state index < -0.39 is 6.03 Å². The monoisotopic (exact) mass is 311 g/mol. The maximum Gasteiger partial charge on any atom is 0.318 e. The van der Waals surface area contributed by atoms with Crippen molar-refractivity contribution in [3.05, 3.63) is 48.0 Å². The Hall–Kier alpha value is -2.40. The highest BCUT2D eigenvalue weighted by Gasteiger charge is 2.27. The number of nitrogens with two attached hydrogens (primary N) is 1. The predicted octanol–water partition coefficient (Wildman–Crippen LogP) is 2.56. The van der Waals surface area contributed by atoms with Gasteiger partial charge >= 0.3 is 6.03 Å². The van der Waals surface area contributed by atoms with Crippen molar-refractivity contribution in [2.24, 2.45) is 5.73 Å². The lowest BCUT2D eigenvalue weighted by Gasteiger charge is -2.25. The van der Waals surface area contributed by atoms with Gasteiger partial charge in [0.1, 0.15) is 0 Å². The van der Waals surface area contributed by atoms with Crippen LogP contribution in [0.2, 0.25) is 0 Å². The molecule has 3 rings (SSSR count). The van der Waals surface area contributed by atoms with Crippen LogP contribution in [0.15, 0.2) is 42.5 Å². The molecule has 1 fully saturated rings. The summed E-state index contributed by atoms with van der Waals surface area (Å²) in [5.74, 6) is -0.318. The highest BCUT2D eigenvalue weighted by molar-refractivity contribution is 5.93. The number of hydrogen-bond acceptors (Lipinski definition) is 3. The van der Waals surface area contributed by atoms with Crippen molar-refractivity contribution in [2.45, 2.75) is 25.3 Å². The van der Waals surface area contributed by atoms with Crippen LogP contribution in [0, 0.1) is 0 Å². The van der Waals surface area contributed by atoms with Crippen LogP contribution in [0.1, 0.15) is 30.9 Å². The van der Waals surface area contributed by atoms with Crippen LogP contribution < -0.4 is 11.1 Å². The molecule has 120 valence electrons. The topological polar surface area (TPSA) is 75.4 Å². The maximum atomic E-state index is 11.6. The molecule has 3 amide bonds. The molecule has 1 aliphatic rings. The first-order chi connectivity index (χ1) is 11.1. The van der Waals surface area contributed by atoms with Gasteiger partial charge in [-0.2, -0.15) is 0 Å². The first kappa shape index (κ1) is 15.5. The number of urea groups is 1. The van der Waals surface area contributed by atoms with Crippen molar-refractivity contribution in [1.29, 1.82) is 0 Å². The number of rotatable bonds is 4. The van der Waals surface area contributed by atoms with Crippen LogP contribution in [-0.2, 0) is 4.79 Å². The molecule has 5 heteroatoms. The van der Waals surface area contributed by atoms with E-state index in [-0.39, 0.29) is 12.3 Å². The molecule has 1 unspecified atom stereocenters. The van der Waals surface area contributed by atoms with Crippen molar-refractivity contribution in [1.82, 2.24) is 10.2 Å². The molecule has 2 aromatic carbocycles. The van der Waals surface area contributed by atoms with E-state index in [1.54, 1.807) is 0 Å². The summed E-state index contributed by atoms with van der Waals surface area (Å²) >= 11 is 0. The first-order valence-electron chi connectivity index (χ1n) is 7.96. The van der Waals surface area contributed by atoms with Gasteiger partial charge < -0.3 is 5.73 Å². The molecule has 2 aromatic rings. The number of imide groups is 1. The first-order valence-corrected chi connectivity index (χ1v) is 7.96. The van der Waals surface area contributed by atoms with E-state index in [9.17, 15) is 9.59 Å². The van der Waals surface area contributed by atoms with Crippen LogP contribution in [0.4, 0.5) is 4.79 Å². The lowest BCUT2D eigenvalue weighted by atomic mass is 9.97. The molecule has 1 heterocycles. The van der Waals surface area contributed by atoms with Gasteiger partial charge in [-0.3, -0.25) is 15.0 Å². The summed E-state index contributed by atoms with van der Waals surface area (Å²) in [4.78, 5) is 24.7. The summed E-state index contributed by atoms with van der Waals surface area (Å²) in [6, 6.07) is 14.3. The summed E-state index contributed by atoms with van der Waals surface area (Å²) in [6.45, 7) is 1.60. The quantitative estimate of drug-likeness (QED) is 0.911. The Morgan fingerprint density at radius 1 is 1.17 bits per heavy atom. The molecule has 0 aliphatic carbocycles. The third-order valence-electron chi connectivity index (χ3n) is 4.43. The fourth-order valence-corrected chi connectivity index (χ4v) is 3.43. The Bertz CT molecular complexity index is 724. The van der Waals surface area contributed by atoms with E-state index in [1.165, 1.54) is 16.3 Å². The van der Waals surface area contributed by atoms with Crippen LogP contribution in [0.3, 0.4) is 0 Å². The maximum absolute atomic E-state index is 11.6. The third-order valence-corrected chi connectivity index (χ3v) is 4.43. The van der Waals surface area contributed by atoms with Gasteiger partial charge in [0.2, 0.25) is 5.91 Å². The van der Waals surface area contributed by atoms with Crippen molar-refractivity contribution < 1.29 is 9.59 Å². The second kappa shape index (κ2) is 6.79. The number of hydrogen-bond donors (Lipinski definition) is 2. The Morgan fingerprint density at radius 3 is 2.78 bits per heavy atom. The zero-order valence-corrected chi connectivity index (χ0v) is 13.0. The zero-order valence-electron chi connectivity index (χ0n) is 13.0. The van der Waals surface area contributed by atoms with Gasteiger partial charge in [-0.15, -0.1) is 0 Å². The Kier molecular flexibility index (Phi) is 4.57. The van der Waals surface area contributed by atoms with Gasteiger partial charge in [0.05, 0.1) is 0 Å². The number of fused-ring (bicyclic) bond motifs is 1. The van der Waals surface area contributed by atoms with Crippen molar-refractivity contribution in [3.63, 3.8) is 0 Å². The van der Waals surface area contributed by atoms with Crippen molar-refractivity contribution in [3.8, 4) is 0 Å². The van der Waals surface area contributed by atoms with Crippen molar-refractivity contribution in [2.75, 3.05) is 13.1 Å². The summed E-state index contributed by atoms with van der Waals surface area (Å²) < 4.78 is 0. The lowest BCUT2D eigenvalue weighted by molar-refractivity contribution is -0.120. The van der Waals surface area contributed by atoms with E-state index in [4.69, 9.17) is 5.73 Å². The number of carbonyl (C=O) groups excluding carboxylic acids is 2. The van der Waals surface area contributed by atoms with E-state index >= 15 is 0 Å². The fraction of sp³-hybridized carbons (Fsp3) is 0.333. The second-order valence-corrected chi connectivity index (χ2v) is 5.92. The zero-order chi connectivity index (χ0) is 16.2. The highest BCUT2D eigenvalue weighted by Crippen LogP contribution is 2.35. The van der Waals surface area contributed by atoms with E-state index in [1.807, 2.05) is 6.07 Å². The Labute approximate surface area is 135 Å². The molecule has 1 saturated heterocycles. The van der Waals surface area contributed by atoms with Crippen LogP contribution in [0.25, 0.3) is 10.8 Å². The molecule has 1 aliphatic heterocycles. The summed E-state index contributed by atoms with van der Waals surface area (Å²) in [5, 5.41) is 4.64. The minimum Gasteiger partial charge on any atom is -0.351 e. The van der Waals surface area contributed by atoms with Crippen LogP contribution in [-0.4, -0.2) is 29.9 Å². The smallest absolute Gasteiger partial charge is 0.318 e. The molecule has 23 heavy (non-hydrogen) atoms. The van der Waals surface area contributed by atoms with Gasteiger partial charge in [0.15, 0.2) is 0 Å². The summed E-state index contributed by atoms with van der Waals surface area (Å²) in [6.07, 6.45) is 2.49. The predicted molar refractivity (Wildman–Crippen MR) is 89.8 cm³/mol. The molecule has 0 radical (unpaired) electrons. The molecule has 0 aromatic heterocycles. The highest BCUT2D eigenvalue weighted by atomic mass is 16.2. The van der Waals surface area contributed by atoms with Crippen LogP contribution in [0.5, 0.6) is 0 Å². The molecule has 3 N–H and O–H groups in total. The van der Waals surface area contributed by atoms with E-state index in [0.717, 1.165) is 19.4 Å². The Morgan fingerprint density at radius 2 is 1.96 bits per heavy atom. The molecule has 0 bridgehead atoms. The fourth-order valence-electron chi connectivity index (χ4n) is 3.43. The normalized spacial score (nSPS) is 18.2. The molecular formula is C18H21N3O2. The van der Waals surface area contributed by atoms with Gasteiger partial charge in [0.25, 0.3) is 0 Å². The number of amides is 3. The minimum absolute atomic E-state index is 0.282. The summed E-state index contributed by atoms with van der Waals surface area (Å²) in [5.41, 5.74) is 6.29. The number of nitrogens with zero attached hydrogens (tertiary/aromatic N) is 1. The second-order valence-electron chi connectivity index (χ2n) is 5.92. The number of nitrogens with one attached hydrogen (secondary N) is 1. The average Bonchev–Trinajstić information content (AvgIpc) is 3.00. The number of primary amides is 1. The standard InChI is InChI=1S/C18H21N3O2/c19-18(23)20-17(22)10-12-21-11-4-9-16(21)15-8-3-6-13-5-1-2-7-14(13)15/h1-3,5-8,16H,4,9-12H2,(H3,19,20,22,23). The third kappa shape index (κ3) is 3.51. The van der Waals surface area contributed by atoms with Gasteiger partial charge in [0, 0.05) is 19.0 Å². The molecular weight excluding hydrogens is 290 g/mol. The number of benzene rings is 2. The van der Waals surface area contributed by atoms with Gasteiger partial charge in [-0.05, 0) is 35.7 Å². The minimum atomic E-state index is -0.790. The molecule has 1 atom stereocenters. The van der Waals surface area contributed by atoms with Gasteiger partial charge in [-0.1, -0.05) is 42.5 Å². The lowest BCUT2D eigenvalue weighted by Crippen LogP contribution is -2.37. The van der Waals surface area contributed by atoms with Crippen molar-refractivity contribution >= 4 is 22.7 Å². The van der Waals surface area contributed by atoms with Gasteiger partial charge in [-0.25, -0.2) is 4.79 Å². The Balaban J connectivity index is 1.76. The van der Waals surface area contributed by atoms with Crippen LogP contribution >= 0.6 is 0 Å². The average molecular weight is 311 g/mol. The van der Waals surface area contributed by atoms with E-state index in [0.29, 0.717) is 12.6 Å². The number of likely N-dealkylation sites (tertiary alicyclic amines) is 1. The molecule has 0 saturated carbocycles. The molecule has 0 spiro atoms. The molecule has 5 nitrogen and oxygen atoms in total. The van der Waals surface area contributed by atoms with E-state index in [2.05, 4.69) is 46.6 Å². The SMILES string of the molecule is NC(=O)NC(=O)CCN1CCCC1c1cccc2ccccc12. The summed E-state index contributed by atoms with van der Waals surface area (Å²) in [7, 11) is 0. The largest absolute Gasteiger partial charge is 0.351 e. The number of carbonyl (C=O) groups is 2.